The minimum atomic E-state index is -0.397. The molecule has 0 aliphatic rings. The SMILES string of the molecule is COc1ccc(/C=C(/C#N)c2ccccc2F)c(C)c1. The molecule has 2 nitrogen and oxygen atoms in total. The van der Waals surface area contributed by atoms with E-state index in [2.05, 4.69) is 6.07 Å². The molecule has 2 aromatic carbocycles. The lowest BCUT2D eigenvalue weighted by atomic mass is 10.0. The first-order valence-corrected chi connectivity index (χ1v) is 6.17. The van der Waals surface area contributed by atoms with Gasteiger partial charge in [0.05, 0.1) is 18.8 Å². The van der Waals surface area contributed by atoms with Crippen LogP contribution in [0.1, 0.15) is 16.7 Å². The molecule has 0 atom stereocenters. The quantitative estimate of drug-likeness (QED) is 0.616. The predicted octanol–water partition coefficient (Wildman–Crippen LogP) is 4.21. The molecule has 0 amide bonds. The highest BCUT2D eigenvalue weighted by Gasteiger charge is 2.07. The van der Waals surface area contributed by atoms with E-state index >= 15 is 0 Å². The maximum atomic E-state index is 13.7. The maximum absolute atomic E-state index is 13.7. The number of benzene rings is 2. The van der Waals surface area contributed by atoms with Crippen LogP contribution in [0, 0.1) is 24.1 Å². The van der Waals surface area contributed by atoms with Crippen LogP contribution in [0.4, 0.5) is 4.39 Å². The van der Waals surface area contributed by atoms with Crippen LogP contribution in [0.5, 0.6) is 5.75 Å². The van der Waals surface area contributed by atoms with Crippen molar-refractivity contribution >= 4 is 11.6 Å². The molecule has 0 aliphatic carbocycles. The summed E-state index contributed by atoms with van der Waals surface area (Å²) in [6, 6.07) is 13.9. The Morgan fingerprint density at radius 1 is 1.25 bits per heavy atom. The molecule has 0 aromatic heterocycles. The molecule has 0 heterocycles. The second-order valence-corrected chi connectivity index (χ2v) is 4.37. The van der Waals surface area contributed by atoms with E-state index in [4.69, 9.17) is 4.74 Å². The zero-order chi connectivity index (χ0) is 14.5. The molecule has 0 fully saturated rings. The van der Waals surface area contributed by atoms with Crippen LogP contribution >= 0.6 is 0 Å². The lowest BCUT2D eigenvalue weighted by Gasteiger charge is -2.06. The van der Waals surface area contributed by atoms with Crippen molar-refractivity contribution in [2.45, 2.75) is 6.92 Å². The molecule has 0 N–H and O–H groups in total. The predicted molar refractivity (Wildman–Crippen MR) is 77.6 cm³/mol. The third-order valence-electron chi connectivity index (χ3n) is 3.06. The van der Waals surface area contributed by atoms with Gasteiger partial charge in [-0.2, -0.15) is 5.26 Å². The number of allylic oxidation sites excluding steroid dienone is 1. The summed E-state index contributed by atoms with van der Waals surface area (Å²) in [6.45, 7) is 1.92. The Labute approximate surface area is 117 Å². The minimum absolute atomic E-state index is 0.302. The van der Waals surface area contributed by atoms with Gasteiger partial charge in [0.1, 0.15) is 11.6 Å². The van der Waals surface area contributed by atoms with Gasteiger partial charge >= 0.3 is 0 Å². The molecule has 0 saturated heterocycles. The average Bonchev–Trinajstić information content (AvgIpc) is 2.47. The van der Waals surface area contributed by atoms with E-state index in [0.29, 0.717) is 11.1 Å². The van der Waals surface area contributed by atoms with Gasteiger partial charge in [0.2, 0.25) is 0 Å². The van der Waals surface area contributed by atoms with Crippen molar-refractivity contribution in [2.75, 3.05) is 7.11 Å². The highest BCUT2D eigenvalue weighted by atomic mass is 19.1. The van der Waals surface area contributed by atoms with Crippen LogP contribution in [0.2, 0.25) is 0 Å². The molecular formula is C17H14FNO. The van der Waals surface area contributed by atoms with Crippen molar-refractivity contribution in [1.82, 2.24) is 0 Å². The summed E-state index contributed by atoms with van der Waals surface area (Å²) in [5.41, 5.74) is 2.45. The zero-order valence-corrected chi connectivity index (χ0v) is 11.4. The van der Waals surface area contributed by atoms with E-state index in [0.717, 1.165) is 16.9 Å². The van der Waals surface area contributed by atoms with E-state index in [1.165, 1.54) is 6.07 Å². The molecule has 20 heavy (non-hydrogen) atoms. The van der Waals surface area contributed by atoms with Crippen LogP contribution in [0.25, 0.3) is 11.6 Å². The lowest BCUT2D eigenvalue weighted by molar-refractivity contribution is 0.414. The first kappa shape index (κ1) is 13.8. The molecule has 3 heteroatoms. The Morgan fingerprint density at radius 3 is 2.60 bits per heavy atom. The van der Waals surface area contributed by atoms with Gasteiger partial charge in [0.15, 0.2) is 0 Å². The summed E-state index contributed by atoms with van der Waals surface area (Å²) in [5.74, 6) is 0.357. The second-order valence-electron chi connectivity index (χ2n) is 4.37. The highest BCUT2D eigenvalue weighted by Crippen LogP contribution is 2.24. The van der Waals surface area contributed by atoms with Gasteiger partial charge in [0.25, 0.3) is 0 Å². The Morgan fingerprint density at radius 2 is 2.00 bits per heavy atom. The van der Waals surface area contributed by atoms with Crippen molar-refractivity contribution in [3.05, 3.63) is 65.0 Å². The summed E-state index contributed by atoms with van der Waals surface area (Å²) < 4.78 is 18.9. The van der Waals surface area contributed by atoms with Crippen molar-refractivity contribution in [2.24, 2.45) is 0 Å². The summed E-state index contributed by atoms with van der Waals surface area (Å²) in [7, 11) is 1.60. The van der Waals surface area contributed by atoms with Gasteiger partial charge in [0, 0.05) is 5.56 Å². The van der Waals surface area contributed by atoms with E-state index in [9.17, 15) is 9.65 Å². The number of aryl methyl sites for hydroxylation is 1. The number of nitrogens with zero attached hydrogens (tertiary/aromatic N) is 1. The first-order valence-electron chi connectivity index (χ1n) is 6.17. The van der Waals surface area contributed by atoms with Gasteiger partial charge in [-0.1, -0.05) is 24.3 Å². The third kappa shape index (κ3) is 2.86. The molecule has 0 radical (unpaired) electrons. The van der Waals surface area contributed by atoms with Gasteiger partial charge in [-0.05, 0) is 42.3 Å². The van der Waals surface area contributed by atoms with Gasteiger partial charge in [-0.3, -0.25) is 0 Å². The standard InChI is InChI=1S/C17H14FNO/c1-12-9-15(20-2)8-7-13(12)10-14(11-19)16-5-3-4-6-17(16)18/h3-10H,1-2H3/b14-10-. The van der Waals surface area contributed by atoms with Crippen LogP contribution in [-0.2, 0) is 0 Å². The Bertz CT molecular complexity index is 698. The van der Waals surface area contributed by atoms with Crippen LogP contribution in [0.15, 0.2) is 42.5 Å². The Kier molecular flexibility index (Phi) is 4.17. The molecule has 0 bridgehead atoms. The molecule has 2 rings (SSSR count). The number of hydrogen-bond acceptors (Lipinski definition) is 2. The van der Waals surface area contributed by atoms with Crippen molar-refractivity contribution in [3.63, 3.8) is 0 Å². The maximum Gasteiger partial charge on any atom is 0.131 e. The third-order valence-corrected chi connectivity index (χ3v) is 3.06. The molecule has 0 saturated carbocycles. The molecule has 100 valence electrons. The number of halogens is 1. The summed E-state index contributed by atoms with van der Waals surface area (Å²) in [6.07, 6.45) is 1.69. The fraction of sp³-hybridized carbons (Fsp3) is 0.118. The molecule has 0 spiro atoms. The summed E-state index contributed by atoms with van der Waals surface area (Å²) in [5, 5.41) is 9.25. The van der Waals surface area contributed by atoms with Crippen LogP contribution < -0.4 is 4.74 Å². The van der Waals surface area contributed by atoms with Gasteiger partial charge < -0.3 is 4.74 Å². The Hall–Kier alpha value is -2.60. The smallest absolute Gasteiger partial charge is 0.131 e. The van der Waals surface area contributed by atoms with Crippen LogP contribution in [0.3, 0.4) is 0 Å². The highest BCUT2D eigenvalue weighted by molar-refractivity contribution is 5.90. The second kappa shape index (κ2) is 6.03. The van der Waals surface area contributed by atoms with Crippen LogP contribution in [-0.4, -0.2) is 7.11 Å². The molecule has 0 aliphatic heterocycles. The fourth-order valence-electron chi connectivity index (χ4n) is 1.94. The van der Waals surface area contributed by atoms with E-state index < -0.39 is 5.82 Å². The Balaban J connectivity index is 2.48. The number of nitriles is 1. The van der Waals surface area contributed by atoms with Crippen molar-refractivity contribution in [3.8, 4) is 11.8 Å². The number of hydrogen-bond donors (Lipinski definition) is 0. The van der Waals surface area contributed by atoms with Crippen molar-refractivity contribution < 1.29 is 9.13 Å². The van der Waals surface area contributed by atoms with E-state index in [-0.39, 0.29) is 0 Å². The molecule has 2 aromatic rings. The largest absolute Gasteiger partial charge is 0.497 e. The first-order chi connectivity index (χ1) is 9.65. The van der Waals surface area contributed by atoms with E-state index in [1.807, 2.05) is 25.1 Å². The zero-order valence-electron chi connectivity index (χ0n) is 11.4. The number of ether oxygens (including phenoxy) is 1. The summed E-state index contributed by atoms with van der Waals surface area (Å²) in [4.78, 5) is 0. The average molecular weight is 267 g/mol. The number of rotatable bonds is 3. The summed E-state index contributed by atoms with van der Waals surface area (Å²) >= 11 is 0. The molecular weight excluding hydrogens is 253 g/mol. The van der Waals surface area contributed by atoms with Gasteiger partial charge in [-0.15, -0.1) is 0 Å². The van der Waals surface area contributed by atoms with Crippen molar-refractivity contribution in [1.29, 1.82) is 5.26 Å². The fourth-order valence-corrected chi connectivity index (χ4v) is 1.94. The normalized spacial score (nSPS) is 11.0. The number of methoxy groups -OCH3 is 1. The molecule has 0 unspecified atom stereocenters. The van der Waals surface area contributed by atoms with E-state index in [1.54, 1.807) is 31.4 Å². The minimum Gasteiger partial charge on any atom is -0.497 e. The topological polar surface area (TPSA) is 33.0 Å². The monoisotopic (exact) mass is 267 g/mol. The van der Waals surface area contributed by atoms with Gasteiger partial charge in [-0.25, -0.2) is 4.39 Å². The lowest BCUT2D eigenvalue weighted by Crippen LogP contribution is -1.90.